The van der Waals surface area contributed by atoms with Gasteiger partial charge in [-0.1, -0.05) is 35.5 Å². The third kappa shape index (κ3) is 4.18. The van der Waals surface area contributed by atoms with E-state index in [1.165, 1.54) is 6.33 Å². The van der Waals surface area contributed by atoms with Crippen molar-refractivity contribution in [1.82, 2.24) is 15.5 Å². The summed E-state index contributed by atoms with van der Waals surface area (Å²) in [6.45, 7) is 0.434. The molecular weight excluding hydrogens is 244 g/mol. The van der Waals surface area contributed by atoms with Crippen molar-refractivity contribution >= 4 is 5.91 Å². The zero-order valence-electron chi connectivity index (χ0n) is 10.5. The summed E-state index contributed by atoms with van der Waals surface area (Å²) in [5, 5.41) is 6.24. The zero-order valence-corrected chi connectivity index (χ0v) is 10.5. The van der Waals surface area contributed by atoms with E-state index in [1.807, 2.05) is 30.3 Å². The Balaban J connectivity index is 1.73. The molecule has 1 heterocycles. The van der Waals surface area contributed by atoms with E-state index in [0.29, 0.717) is 25.3 Å². The van der Waals surface area contributed by atoms with Crippen molar-refractivity contribution in [3.05, 3.63) is 48.1 Å². The average Bonchev–Trinajstić information content (AvgIpc) is 2.93. The Kier molecular flexibility index (Phi) is 4.63. The third-order valence-electron chi connectivity index (χ3n) is 2.68. The molecule has 6 nitrogen and oxygen atoms in total. The number of hydrogen-bond donors (Lipinski definition) is 2. The van der Waals surface area contributed by atoms with Gasteiger partial charge in [-0.25, -0.2) is 0 Å². The van der Waals surface area contributed by atoms with E-state index in [9.17, 15) is 4.79 Å². The molecular formula is C13H16N4O2. The molecule has 1 aromatic carbocycles. The fourth-order valence-corrected chi connectivity index (χ4v) is 1.69. The van der Waals surface area contributed by atoms with Crippen molar-refractivity contribution in [3.8, 4) is 0 Å². The quantitative estimate of drug-likeness (QED) is 0.779. The lowest BCUT2D eigenvalue weighted by Gasteiger charge is -2.11. The molecule has 1 atom stereocenters. The van der Waals surface area contributed by atoms with Crippen LogP contribution in [0.3, 0.4) is 0 Å². The van der Waals surface area contributed by atoms with Gasteiger partial charge in [0.2, 0.25) is 11.8 Å². The first kappa shape index (κ1) is 13.2. The lowest BCUT2D eigenvalue weighted by Crippen LogP contribution is -2.42. The molecule has 0 aliphatic rings. The predicted molar refractivity (Wildman–Crippen MR) is 69.1 cm³/mol. The highest BCUT2D eigenvalue weighted by molar-refractivity contribution is 5.81. The summed E-state index contributed by atoms with van der Waals surface area (Å²) < 4.78 is 4.83. The van der Waals surface area contributed by atoms with Crippen LogP contribution in [0.1, 0.15) is 11.5 Å². The van der Waals surface area contributed by atoms with Gasteiger partial charge in [-0.05, 0) is 12.0 Å². The standard InChI is InChI=1S/C13H16N4O2/c14-11(8-10-4-2-1-3-5-10)13(18)15-7-6-12-16-9-17-19-12/h1-5,9,11H,6-8,14H2,(H,15,18)/t11-/m0/s1. The van der Waals surface area contributed by atoms with Crippen LogP contribution in [0.2, 0.25) is 0 Å². The number of benzene rings is 1. The number of hydrogen-bond acceptors (Lipinski definition) is 5. The lowest BCUT2D eigenvalue weighted by atomic mass is 10.1. The molecule has 0 saturated heterocycles. The highest BCUT2D eigenvalue weighted by atomic mass is 16.5. The van der Waals surface area contributed by atoms with Crippen LogP contribution in [0.25, 0.3) is 0 Å². The van der Waals surface area contributed by atoms with Crippen LogP contribution < -0.4 is 11.1 Å². The number of nitrogens with two attached hydrogens (primary N) is 1. The number of nitrogens with one attached hydrogen (secondary N) is 1. The van der Waals surface area contributed by atoms with Crippen molar-refractivity contribution in [2.75, 3.05) is 6.54 Å². The Labute approximate surface area is 111 Å². The van der Waals surface area contributed by atoms with Gasteiger partial charge in [-0.3, -0.25) is 4.79 Å². The number of aromatic nitrogens is 2. The first-order valence-corrected chi connectivity index (χ1v) is 6.08. The highest BCUT2D eigenvalue weighted by Gasteiger charge is 2.13. The van der Waals surface area contributed by atoms with E-state index in [0.717, 1.165) is 5.56 Å². The highest BCUT2D eigenvalue weighted by Crippen LogP contribution is 2.01. The second kappa shape index (κ2) is 6.65. The zero-order chi connectivity index (χ0) is 13.5. The van der Waals surface area contributed by atoms with Crippen LogP contribution in [-0.2, 0) is 17.6 Å². The average molecular weight is 260 g/mol. The summed E-state index contributed by atoms with van der Waals surface area (Å²) in [5.41, 5.74) is 6.89. The van der Waals surface area contributed by atoms with Crippen LogP contribution in [0, 0.1) is 0 Å². The number of carbonyl (C=O) groups is 1. The van der Waals surface area contributed by atoms with E-state index in [4.69, 9.17) is 10.3 Å². The molecule has 3 N–H and O–H groups in total. The third-order valence-corrected chi connectivity index (χ3v) is 2.68. The van der Waals surface area contributed by atoms with Gasteiger partial charge in [0, 0.05) is 13.0 Å². The molecule has 1 amide bonds. The Morgan fingerprint density at radius 2 is 2.16 bits per heavy atom. The number of amides is 1. The molecule has 0 aliphatic heterocycles. The minimum atomic E-state index is -0.551. The van der Waals surface area contributed by atoms with E-state index in [2.05, 4.69) is 15.5 Å². The molecule has 0 radical (unpaired) electrons. The van der Waals surface area contributed by atoms with Crippen LogP contribution in [0.5, 0.6) is 0 Å². The predicted octanol–water partition coefficient (Wildman–Crippen LogP) is 0.298. The lowest BCUT2D eigenvalue weighted by molar-refractivity contribution is -0.122. The molecule has 0 spiro atoms. The second-order valence-electron chi connectivity index (χ2n) is 4.17. The fourth-order valence-electron chi connectivity index (χ4n) is 1.69. The van der Waals surface area contributed by atoms with Crippen LogP contribution in [0.15, 0.2) is 41.2 Å². The molecule has 0 saturated carbocycles. The first-order valence-electron chi connectivity index (χ1n) is 6.08. The summed E-state index contributed by atoms with van der Waals surface area (Å²) in [7, 11) is 0. The minimum Gasteiger partial charge on any atom is -0.354 e. The first-order chi connectivity index (χ1) is 9.25. The summed E-state index contributed by atoms with van der Waals surface area (Å²) in [4.78, 5) is 15.6. The Bertz CT molecular complexity index is 499. The summed E-state index contributed by atoms with van der Waals surface area (Å²) in [6, 6.07) is 9.13. The monoisotopic (exact) mass is 260 g/mol. The van der Waals surface area contributed by atoms with Gasteiger partial charge in [0.1, 0.15) is 0 Å². The van der Waals surface area contributed by atoms with E-state index >= 15 is 0 Å². The summed E-state index contributed by atoms with van der Waals surface area (Å²) in [5.74, 6) is 0.320. The maximum absolute atomic E-state index is 11.8. The SMILES string of the molecule is N[C@@H](Cc1ccccc1)C(=O)NCCc1ncno1. The molecule has 1 aromatic heterocycles. The van der Waals surface area contributed by atoms with Gasteiger partial charge in [0.15, 0.2) is 6.33 Å². The van der Waals surface area contributed by atoms with Gasteiger partial charge in [0.25, 0.3) is 0 Å². The Hall–Kier alpha value is -2.21. The van der Waals surface area contributed by atoms with Crippen LogP contribution >= 0.6 is 0 Å². The molecule has 2 aromatic rings. The molecule has 0 fully saturated rings. The molecule has 0 aliphatic carbocycles. The van der Waals surface area contributed by atoms with Gasteiger partial charge >= 0.3 is 0 Å². The smallest absolute Gasteiger partial charge is 0.237 e. The summed E-state index contributed by atoms with van der Waals surface area (Å²) in [6.07, 6.45) is 2.36. The van der Waals surface area contributed by atoms with Crippen molar-refractivity contribution in [1.29, 1.82) is 0 Å². The number of rotatable bonds is 6. The molecule has 19 heavy (non-hydrogen) atoms. The van der Waals surface area contributed by atoms with Crippen molar-refractivity contribution < 1.29 is 9.32 Å². The molecule has 0 unspecified atom stereocenters. The van der Waals surface area contributed by atoms with Gasteiger partial charge in [-0.2, -0.15) is 4.98 Å². The van der Waals surface area contributed by atoms with Crippen LogP contribution in [-0.4, -0.2) is 28.6 Å². The van der Waals surface area contributed by atoms with E-state index < -0.39 is 6.04 Å². The van der Waals surface area contributed by atoms with Crippen LogP contribution in [0.4, 0.5) is 0 Å². The molecule has 100 valence electrons. The van der Waals surface area contributed by atoms with Crippen molar-refractivity contribution in [2.24, 2.45) is 5.73 Å². The minimum absolute atomic E-state index is 0.177. The Morgan fingerprint density at radius 3 is 2.84 bits per heavy atom. The second-order valence-corrected chi connectivity index (χ2v) is 4.17. The molecule has 6 heteroatoms. The number of carbonyl (C=O) groups excluding carboxylic acids is 1. The van der Waals surface area contributed by atoms with Gasteiger partial charge < -0.3 is 15.6 Å². The van der Waals surface area contributed by atoms with Crippen molar-refractivity contribution in [2.45, 2.75) is 18.9 Å². The Morgan fingerprint density at radius 1 is 1.37 bits per heavy atom. The normalized spacial score (nSPS) is 12.1. The largest absolute Gasteiger partial charge is 0.354 e. The molecule has 2 rings (SSSR count). The summed E-state index contributed by atoms with van der Waals surface area (Å²) >= 11 is 0. The number of nitrogens with zero attached hydrogens (tertiary/aromatic N) is 2. The molecule has 0 bridgehead atoms. The van der Waals surface area contributed by atoms with Gasteiger partial charge in [-0.15, -0.1) is 0 Å². The van der Waals surface area contributed by atoms with E-state index in [-0.39, 0.29) is 5.91 Å². The van der Waals surface area contributed by atoms with Gasteiger partial charge in [0.05, 0.1) is 6.04 Å². The maximum Gasteiger partial charge on any atom is 0.237 e. The fraction of sp³-hybridized carbons (Fsp3) is 0.308. The maximum atomic E-state index is 11.8. The van der Waals surface area contributed by atoms with Crippen molar-refractivity contribution in [3.63, 3.8) is 0 Å². The van der Waals surface area contributed by atoms with E-state index in [1.54, 1.807) is 0 Å². The topological polar surface area (TPSA) is 94.0 Å².